The van der Waals surface area contributed by atoms with E-state index in [4.69, 9.17) is 4.42 Å². The van der Waals surface area contributed by atoms with Gasteiger partial charge in [0, 0.05) is 0 Å². The zero-order chi connectivity index (χ0) is 15.8. The molecule has 0 bridgehead atoms. The number of oxazole rings is 1. The summed E-state index contributed by atoms with van der Waals surface area (Å²) in [6, 6.07) is 1.77. The first kappa shape index (κ1) is 15.7. The van der Waals surface area contributed by atoms with Crippen LogP contribution in [0.4, 0.5) is 4.39 Å². The molecule has 0 spiro atoms. The minimum atomic E-state index is -3.79. The predicted molar refractivity (Wildman–Crippen MR) is 75.9 cm³/mol. The van der Waals surface area contributed by atoms with E-state index in [1.807, 2.05) is 0 Å². The van der Waals surface area contributed by atoms with Crippen molar-refractivity contribution in [2.24, 2.45) is 0 Å². The van der Waals surface area contributed by atoms with Crippen LogP contribution in [-0.2, 0) is 10.0 Å². The van der Waals surface area contributed by atoms with E-state index in [9.17, 15) is 12.8 Å². The molecule has 0 radical (unpaired) electrons. The molecule has 0 saturated carbocycles. The Morgan fingerprint density at radius 2 is 1.81 bits per heavy atom. The fourth-order valence-corrected chi connectivity index (χ4v) is 3.89. The lowest BCUT2D eigenvalue weighted by Gasteiger charge is -2.15. The van der Waals surface area contributed by atoms with Gasteiger partial charge in [0.2, 0.25) is 15.9 Å². The topological polar surface area (TPSA) is 72.2 Å². The molecule has 0 saturated heterocycles. The van der Waals surface area contributed by atoms with Gasteiger partial charge in [0.25, 0.3) is 0 Å². The molecule has 1 unspecified atom stereocenters. The van der Waals surface area contributed by atoms with Crippen molar-refractivity contribution in [3.05, 3.63) is 46.9 Å². The largest absolute Gasteiger partial charge is 0.444 e. The standard InChI is InChI=1S/C14H17FN2O3S/c1-8-5-12(15)6-9(2)13(8)21(18,19)17-11(4)14-16-7-10(3)20-14/h5-7,11,17H,1-4H3. The van der Waals surface area contributed by atoms with Gasteiger partial charge in [-0.3, -0.25) is 0 Å². The highest BCUT2D eigenvalue weighted by molar-refractivity contribution is 7.89. The van der Waals surface area contributed by atoms with Crippen molar-refractivity contribution in [1.29, 1.82) is 0 Å². The van der Waals surface area contributed by atoms with Crippen LogP contribution in [0.5, 0.6) is 0 Å². The molecule has 0 aliphatic rings. The van der Waals surface area contributed by atoms with Gasteiger partial charge in [0.15, 0.2) is 0 Å². The van der Waals surface area contributed by atoms with Crippen molar-refractivity contribution in [2.75, 3.05) is 0 Å². The summed E-state index contributed by atoms with van der Waals surface area (Å²) in [4.78, 5) is 4.08. The maximum absolute atomic E-state index is 13.3. The molecule has 2 aromatic rings. The van der Waals surface area contributed by atoms with Crippen molar-refractivity contribution in [1.82, 2.24) is 9.71 Å². The summed E-state index contributed by atoms with van der Waals surface area (Å²) in [6.45, 7) is 6.48. The molecule has 5 nitrogen and oxygen atoms in total. The Labute approximate surface area is 123 Å². The number of aromatic nitrogens is 1. The van der Waals surface area contributed by atoms with Gasteiger partial charge in [-0.25, -0.2) is 17.8 Å². The number of benzene rings is 1. The third-order valence-corrected chi connectivity index (χ3v) is 4.88. The molecular formula is C14H17FN2O3S. The smallest absolute Gasteiger partial charge is 0.241 e. The van der Waals surface area contributed by atoms with Crippen LogP contribution in [0.2, 0.25) is 0 Å². The summed E-state index contributed by atoms with van der Waals surface area (Å²) < 4.78 is 46.0. The Kier molecular flexibility index (Phi) is 4.15. The Bertz CT molecular complexity index is 745. The first-order valence-electron chi connectivity index (χ1n) is 6.42. The average molecular weight is 312 g/mol. The maximum atomic E-state index is 13.3. The van der Waals surface area contributed by atoms with Gasteiger partial charge in [-0.2, -0.15) is 4.72 Å². The molecule has 7 heteroatoms. The maximum Gasteiger partial charge on any atom is 0.241 e. The van der Waals surface area contributed by atoms with Crippen molar-refractivity contribution in [3.8, 4) is 0 Å². The number of hydrogen-bond acceptors (Lipinski definition) is 4. The third kappa shape index (κ3) is 3.30. The minimum Gasteiger partial charge on any atom is -0.444 e. The van der Waals surface area contributed by atoms with Crippen LogP contribution in [0, 0.1) is 26.6 Å². The van der Waals surface area contributed by atoms with E-state index in [1.165, 1.54) is 18.3 Å². The molecule has 1 N–H and O–H groups in total. The van der Waals surface area contributed by atoms with E-state index in [0.29, 0.717) is 16.9 Å². The summed E-state index contributed by atoms with van der Waals surface area (Å²) in [7, 11) is -3.79. The lowest BCUT2D eigenvalue weighted by molar-refractivity contribution is 0.427. The molecule has 0 fully saturated rings. The lowest BCUT2D eigenvalue weighted by atomic mass is 10.1. The number of halogens is 1. The molecule has 0 amide bonds. The van der Waals surface area contributed by atoms with Gasteiger partial charge in [0.05, 0.1) is 17.1 Å². The number of nitrogens with zero attached hydrogens (tertiary/aromatic N) is 1. The number of aryl methyl sites for hydroxylation is 3. The zero-order valence-electron chi connectivity index (χ0n) is 12.3. The first-order valence-corrected chi connectivity index (χ1v) is 7.90. The number of nitrogens with one attached hydrogen (secondary N) is 1. The Morgan fingerprint density at radius 1 is 1.24 bits per heavy atom. The van der Waals surface area contributed by atoms with Gasteiger partial charge >= 0.3 is 0 Å². The van der Waals surface area contributed by atoms with Crippen LogP contribution in [-0.4, -0.2) is 13.4 Å². The monoisotopic (exact) mass is 312 g/mol. The van der Waals surface area contributed by atoms with Gasteiger partial charge in [-0.15, -0.1) is 0 Å². The van der Waals surface area contributed by atoms with Crippen molar-refractivity contribution < 1.29 is 17.2 Å². The van der Waals surface area contributed by atoms with Gasteiger partial charge in [-0.05, 0) is 51.0 Å². The molecule has 1 heterocycles. The van der Waals surface area contributed by atoms with Crippen LogP contribution in [0.1, 0.15) is 35.7 Å². The fourth-order valence-electron chi connectivity index (χ4n) is 2.24. The molecule has 2 rings (SSSR count). The van der Waals surface area contributed by atoms with Gasteiger partial charge < -0.3 is 4.42 Å². The van der Waals surface area contributed by atoms with Crippen LogP contribution in [0.3, 0.4) is 0 Å². The van der Waals surface area contributed by atoms with Crippen LogP contribution in [0.15, 0.2) is 27.6 Å². The van der Waals surface area contributed by atoms with E-state index in [2.05, 4.69) is 9.71 Å². The minimum absolute atomic E-state index is 0.0824. The molecular weight excluding hydrogens is 295 g/mol. The number of sulfonamides is 1. The average Bonchev–Trinajstić information content (AvgIpc) is 2.73. The highest BCUT2D eigenvalue weighted by Crippen LogP contribution is 2.23. The van der Waals surface area contributed by atoms with E-state index in [0.717, 1.165) is 0 Å². The van der Waals surface area contributed by atoms with Gasteiger partial charge in [-0.1, -0.05) is 0 Å². The second-order valence-electron chi connectivity index (χ2n) is 5.02. The second-order valence-corrected chi connectivity index (χ2v) is 6.67. The number of rotatable bonds is 4. The quantitative estimate of drug-likeness (QED) is 0.942. The van der Waals surface area contributed by atoms with Crippen molar-refractivity contribution in [3.63, 3.8) is 0 Å². The van der Waals surface area contributed by atoms with E-state index in [1.54, 1.807) is 27.7 Å². The molecule has 1 aromatic carbocycles. The van der Waals surface area contributed by atoms with Crippen LogP contribution >= 0.6 is 0 Å². The lowest BCUT2D eigenvalue weighted by Crippen LogP contribution is -2.28. The van der Waals surface area contributed by atoms with Crippen molar-refractivity contribution in [2.45, 2.75) is 38.6 Å². The molecule has 0 aliphatic heterocycles. The summed E-state index contributed by atoms with van der Waals surface area (Å²) in [5.41, 5.74) is 0.714. The molecule has 1 atom stereocenters. The Morgan fingerprint density at radius 3 is 2.29 bits per heavy atom. The van der Waals surface area contributed by atoms with Crippen LogP contribution in [0.25, 0.3) is 0 Å². The Hall–Kier alpha value is -1.73. The van der Waals surface area contributed by atoms with E-state index >= 15 is 0 Å². The summed E-state index contributed by atoms with van der Waals surface area (Å²) in [6.07, 6.45) is 1.52. The third-order valence-electron chi connectivity index (χ3n) is 3.04. The predicted octanol–water partition coefficient (Wildman–Crippen LogP) is 2.78. The molecule has 114 valence electrons. The molecule has 21 heavy (non-hydrogen) atoms. The zero-order valence-corrected chi connectivity index (χ0v) is 13.1. The second kappa shape index (κ2) is 5.57. The van der Waals surface area contributed by atoms with E-state index < -0.39 is 21.9 Å². The first-order chi connectivity index (χ1) is 9.70. The van der Waals surface area contributed by atoms with Crippen LogP contribution < -0.4 is 4.72 Å². The van der Waals surface area contributed by atoms with Crippen molar-refractivity contribution >= 4 is 10.0 Å². The summed E-state index contributed by atoms with van der Waals surface area (Å²) in [5.74, 6) is 0.430. The number of hydrogen-bond donors (Lipinski definition) is 1. The summed E-state index contributed by atoms with van der Waals surface area (Å²) in [5, 5.41) is 0. The normalized spacial score (nSPS) is 13.4. The Balaban J connectivity index is 2.35. The SMILES string of the molecule is Cc1cnc(C(C)NS(=O)(=O)c2c(C)cc(F)cc2C)o1. The highest BCUT2D eigenvalue weighted by Gasteiger charge is 2.24. The van der Waals surface area contributed by atoms with Gasteiger partial charge in [0.1, 0.15) is 11.6 Å². The summed E-state index contributed by atoms with van der Waals surface area (Å²) >= 11 is 0. The van der Waals surface area contributed by atoms with E-state index in [-0.39, 0.29) is 10.8 Å². The molecule has 0 aliphatic carbocycles. The highest BCUT2D eigenvalue weighted by atomic mass is 32.2. The fraction of sp³-hybridized carbons (Fsp3) is 0.357. The molecule has 1 aromatic heterocycles.